The lowest BCUT2D eigenvalue weighted by Gasteiger charge is -2.13. The van der Waals surface area contributed by atoms with E-state index >= 15 is 0 Å². The van der Waals surface area contributed by atoms with Crippen LogP contribution in [0.15, 0.2) is 36.4 Å². The van der Waals surface area contributed by atoms with Gasteiger partial charge in [0.05, 0.1) is 29.4 Å². The Kier molecular flexibility index (Phi) is 4.28. The Morgan fingerprint density at radius 1 is 1.13 bits per heavy atom. The van der Waals surface area contributed by atoms with E-state index in [4.69, 9.17) is 20.0 Å². The lowest BCUT2D eigenvalue weighted by atomic mass is 10.1. The van der Waals surface area contributed by atoms with E-state index in [-0.39, 0.29) is 6.10 Å². The molecule has 0 unspecified atom stereocenters. The molecule has 0 aliphatic heterocycles. The van der Waals surface area contributed by atoms with E-state index in [1.807, 2.05) is 19.1 Å². The highest BCUT2D eigenvalue weighted by Crippen LogP contribution is 2.40. The molecule has 1 atom stereocenters. The number of hydrogen-bond donors (Lipinski definition) is 0. The van der Waals surface area contributed by atoms with Gasteiger partial charge in [0.25, 0.3) is 0 Å². The van der Waals surface area contributed by atoms with Gasteiger partial charge >= 0.3 is 0 Å². The van der Waals surface area contributed by atoms with Gasteiger partial charge in [-0.05, 0) is 49.6 Å². The van der Waals surface area contributed by atoms with Crippen molar-refractivity contribution < 1.29 is 9.47 Å². The van der Waals surface area contributed by atoms with Crippen LogP contribution in [0.4, 0.5) is 0 Å². The molecule has 0 heterocycles. The van der Waals surface area contributed by atoms with Crippen molar-refractivity contribution in [1.82, 2.24) is 0 Å². The Bertz CT molecular complexity index is 783. The van der Waals surface area contributed by atoms with Crippen molar-refractivity contribution in [2.45, 2.75) is 25.9 Å². The number of nitriles is 2. The first-order valence-electron chi connectivity index (χ1n) is 7.61. The molecule has 0 fully saturated rings. The highest BCUT2D eigenvalue weighted by atomic mass is 16.5. The maximum Gasteiger partial charge on any atom is 0.130 e. The van der Waals surface area contributed by atoms with Crippen LogP contribution in [0.5, 0.6) is 11.5 Å². The van der Waals surface area contributed by atoms with Crippen LogP contribution in [0.3, 0.4) is 0 Å². The fraction of sp³-hybridized carbons (Fsp3) is 0.263. The minimum absolute atomic E-state index is 0.124. The maximum atomic E-state index is 9.07. The number of benzene rings is 2. The summed E-state index contributed by atoms with van der Waals surface area (Å²) in [4.78, 5) is 0. The fourth-order valence-electron chi connectivity index (χ4n) is 2.97. The molecule has 0 saturated carbocycles. The molecule has 0 aromatic heterocycles. The summed E-state index contributed by atoms with van der Waals surface area (Å²) in [5, 5.41) is 18.1. The average molecular weight is 304 g/mol. The second-order valence-corrected chi connectivity index (χ2v) is 5.38. The Morgan fingerprint density at radius 2 is 1.87 bits per heavy atom. The van der Waals surface area contributed by atoms with E-state index in [0.717, 1.165) is 24.2 Å². The Labute approximate surface area is 135 Å². The zero-order valence-electron chi connectivity index (χ0n) is 12.9. The van der Waals surface area contributed by atoms with Crippen LogP contribution in [0.1, 0.15) is 41.7 Å². The summed E-state index contributed by atoms with van der Waals surface area (Å²) in [6.07, 6.45) is 1.98. The lowest BCUT2D eigenvalue weighted by molar-refractivity contribution is 0.0640. The first kappa shape index (κ1) is 15.1. The van der Waals surface area contributed by atoms with E-state index in [1.54, 1.807) is 18.2 Å². The third-order valence-corrected chi connectivity index (χ3v) is 3.93. The quantitative estimate of drug-likeness (QED) is 0.847. The molecule has 0 N–H and O–H groups in total. The molecule has 114 valence electrons. The van der Waals surface area contributed by atoms with Gasteiger partial charge in [-0.2, -0.15) is 10.5 Å². The largest absolute Gasteiger partial charge is 0.457 e. The molecule has 4 nitrogen and oxygen atoms in total. The number of rotatable bonds is 4. The smallest absolute Gasteiger partial charge is 0.130 e. The van der Waals surface area contributed by atoms with Gasteiger partial charge in [-0.25, -0.2) is 0 Å². The van der Waals surface area contributed by atoms with Crippen LogP contribution >= 0.6 is 0 Å². The number of hydrogen-bond acceptors (Lipinski definition) is 4. The van der Waals surface area contributed by atoms with Gasteiger partial charge in [0.15, 0.2) is 0 Å². The van der Waals surface area contributed by atoms with Crippen molar-refractivity contribution in [1.29, 1.82) is 10.5 Å². The predicted molar refractivity (Wildman–Crippen MR) is 85.1 cm³/mol. The molecule has 0 bridgehead atoms. The van der Waals surface area contributed by atoms with E-state index in [0.29, 0.717) is 23.5 Å². The molecule has 0 amide bonds. The van der Waals surface area contributed by atoms with Crippen molar-refractivity contribution in [2.24, 2.45) is 0 Å². The Hall–Kier alpha value is -2.82. The van der Waals surface area contributed by atoms with E-state index in [2.05, 4.69) is 18.2 Å². The zero-order chi connectivity index (χ0) is 16.2. The molecule has 0 saturated heterocycles. The van der Waals surface area contributed by atoms with Crippen LogP contribution in [0.2, 0.25) is 0 Å². The Balaban J connectivity index is 1.94. The molecular formula is C19H16N2O2. The molecule has 3 rings (SSSR count). The normalized spacial score (nSPS) is 15.5. The highest BCUT2D eigenvalue weighted by molar-refractivity contribution is 5.50. The summed E-state index contributed by atoms with van der Waals surface area (Å²) >= 11 is 0. The minimum atomic E-state index is 0.124. The van der Waals surface area contributed by atoms with Crippen molar-refractivity contribution in [3.63, 3.8) is 0 Å². The van der Waals surface area contributed by atoms with Crippen molar-refractivity contribution in [3.8, 4) is 23.6 Å². The molecule has 1 aliphatic carbocycles. The van der Waals surface area contributed by atoms with Gasteiger partial charge in [-0.1, -0.05) is 12.1 Å². The van der Waals surface area contributed by atoms with E-state index in [1.165, 1.54) is 5.56 Å². The summed E-state index contributed by atoms with van der Waals surface area (Å²) in [6, 6.07) is 14.9. The van der Waals surface area contributed by atoms with Gasteiger partial charge in [-0.3, -0.25) is 0 Å². The Morgan fingerprint density at radius 3 is 2.52 bits per heavy atom. The van der Waals surface area contributed by atoms with Gasteiger partial charge in [0, 0.05) is 12.2 Å². The van der Waals surface area contributed by atoms with Crippen LogP contribution in [0.25, 0.3) is 0 Å². The number of nitrogens with zero attached hydrogens (tertiary/aromatic N) is 2. The minimum Gasteiger partial charge on any atom is -0.457 e. The molecule has 23 heavy (non-hydrogen) atoms. The molecule has 0 spiro atoms. The third kappa shape index (κ3) is 3.04. The first-order chi connectivity index (χ1) is 11.2. The van der Waals surface area contributed by atoms with Gasteiger partial charge < -0.3 is 9.47 Å². The van der Waals surface area contributed by atoms with Crippen LogP contribution in [0, 0.1) is 22.7 Å². The average Bonchev–Trinajstić information content (AvgIpc) is 2.99. The highest BCUT2D eigenvalue weighted by Gasteiger charge is 2.25. The van der Waals surface area contributed by atoms with Gasteiger partial charge in [-0.15, -0.1) is 0 Å². The van der Waals surface area contributed by atoms with Crippen molar-refractivity contribution in [3.05, 3.63) is 58.7 Å². The van der Waals surface area contributed by atoms with Crippen LogP contribution in [-0.4, -0.2) is 6.61 Å². The summed E-state index contributed by atoms with van der Waals surface area (Å²) < 4.78 is 11.7. The van der Waals surface area contributed by atoms with E-state index in [9.17, 15) is 0 Å². The van der Waals surface area contributed by atoms with Gasteiger partial charge in [0.1, 0.15) is 11.5 Å². The monoisotopic (exact) mass is 304 g/mol. The third-order valence-electron chi connectivity index (χ3n) is 3.93. The SMILES string of the molecule is CCO[C@@H]1CCc2c(Oc3cc(C#N)cc(C#N)c3)cccc21. The summed E-state index contributed by atoms with van der Waals surface area (Å²) in [5.74, 6) is 1.28. The predicted octanol–water partition coefficient (Wildman–Crippen LogP) is 4.25. The molecule has 4 heteroatoms. The van der Waals surface area contributed by atoms with Crippen LogP contribution in [-0.2, 0) is 11.2 Å². The number of ether oxygens (including phenoxy) is 2. The summed E-state index contributed by atoms with van der Waals surface area (Å²) in [6.45, 7) is 2.68. The van der Waals surface area contributed by atoms with E-state index < -0.39 is 0 Å². The first-order valence-corrected chi connectivity index (χ1v) is 7.61. The zero-order valence-corrected chi connectivity index (χ0v) is 12.9. The summed E-state index contributed by atoms with van der Waals surface area (Å²) in [5.41, 5.74) is 3.14. The number of fused-ring (bicyclic) bond motifs is 1. The molecule has 2 aromatic rings. The second-order valence-electron chi connectivity index (χ2n) is 5.38. The molecule has 0 radical (unpaired) electrons. The molecule has 2 aromatic carbocycles. The van der Waals surface area contributed by atoms with Gasteiger partial charge in [0.2, 0.25) is 0 Å². The van der Waals surface area contributed by atoms with Crippen molar-refractivity contribution in [2.75, 3.05) is 6.61 Å². The summed E-state index contributed by atoms with van der Waals surface area (Å²) in [7, 11) is 0. The van der Waals surface area contributed by atoms with Crippen molar-refractivity contribution >= 4 is 0 Å². The van der Waals surface area contributed by atoms with Crippen LogP contribution < -0.4 is 4.74 Å². The lowest BCUT2D eigenvalue weighted by Crippen LogP contribution is -1.99. The molecule has 1 aliphatic rings. The standard InChI is InChI=1S/C19H16N2O2/c1-2-22-18-7-6-17-16(18)4-3-5-19(17)23-15-9-13(11-20)8-14(10-15)12-21/h3-5,8-10,18H,2,6-7H2,1H3/t18-/m1/s1. The second kappa shape index (κ2) is 6.52. The maximum absolute atomic E-state index is 9.07. The fourth-order valence-corrected chi connectivity index (χ4v) is 2.97. The topological polar surface area (TPSA) is 66.0 Å². The molecular weight excluding hydrogens is 288 g/mol.